The molecule has 0 fully saturated rings. The highest BCUT2D eigenvalue weighted by molar-refractivity contribution is 5.94. The van der Waals surface area contributed by atoms with E-state index in [0.29, 0.717) is 35.6 Å². The lowest BCUT2D eigenvalue weighted by Crippen LogP contribution is -2.25. The maximum Gasteiger partial charge on any atom is 0.416 e. The van der Waals surface area contributed by atoms with Gasteiger partial charge in [-0.1, -0.05) is 23.4 Å². The topological polar surface area (TPSA) is 64.4 Å². The Hall–Kier alpha value is -3.29. The summed E-state index contributed by atoms with van der Waals surface area (Å²) >= 11 is 0. The molecular formula is C22H21F3N2O3. The van der Waals surface area contributed by atoms with Gasteiger partial charge in [0, 0.05) is 12.1 Å². The van der Waals surface area contributed by atoms with Gasteiger partial charge in [-0.2, -0.15) is 13.2 Å². The van der Waals surface area contributed by atoms with Crippen LogP contribution in [0.25, 0.3) is 0 Å². The van der Waals surface area contributed by atoms with Gasteiger partial charge in [0.25, 0.3) is 5.91 Å². The molecule has 3 rings (SSSR count). The second-order valence-corrected chi connectivity index (χ2v) is 6.82. The number of hydrogen-bond donors (Lipinski definition) is 1. The lowest BCUT2D eigenvalue weighted by molar-refractivity contribution is -0.137. The van der Waals surface area contributed by atoms with Crippen LogP contribution in [0, 0.1) is 13.8 Å². The SMILES string of the molecule is Cc1noc(C)c1COc1cccc(C(=O)NCCc2ccc(C(F)(F)F)cc2)c1. The number of amides is 1. The summed E-state index contributed by atoms with van der Waals surface area (Å²) in [6, 6.07) is 11.7. The number of aryl methyl sites for hydroxylation is 2. The van der Waals surface area contributed by atoms with Crippen molar-refractivity contribution in [2.75, 3.05) is 6.54 Å². The van der Waals surface area contributed by atoms with E-state index in [2.05, 4.69) is 10.5 Å². The highest BCUT2D eigenvalue weighted by Crippen LogP contribution is 2.29. The van der Waals surface area contributed by atoms with Gasteiger partial charge in [0.05, 0.1) is 16.8 Å². The maximum atomic E-state index is 12.6. The van der Waals surface area contributed by atoms with Crippen molar-refractivity contribution in [2.45, 2.75) is 33.1 Å². The predicted octanol–water partition coefficient (Wildman–Crippen LogP) is 4.86. The van der Waals surface area contributed by atoms with Crippen LogP contribution in [0.5, 0.6) is 5.75 Å². The maximum absolute atomic E-state index is 12.6. The van der Waals surface area contributed by atoms with E-state index >= 15 is 0 Å². The molecule has 1 amide bonds. The van der Waals surface area contributed by atoms with Gasteiger partial charge in [0.1, 0.15) is 18.1 Å². The fourth-order valence-electron chi connectivity index (χ4n) is 2.87. The Labute approximate surface area is 171 Å². The van der Waals surface area contributed by atoms with Gasteiger partial charge >= 0.3 is 6.18 Å². The van der Waals surface area contributed by atoms with Crippen LogP contribution in [0.4, 0.5) is 13.2 Å². The van der Waals surface area contributed by atoms with Crippen molar-refractivity contribution in [2.24, 2.45) is 0 Å². The van der Waals surface area contributed by atoms with Gasteiger partial charge in [0.15, 0.2) is 0 Å². The van der Waals surface area contributed by atoms with E-state index in [1.54, 1.807) is 31.2 Å². The Kier molecular flexibility index (Phi) is 6.44. The third-order valence-corrected chi connectivity index (χ3v) is 4.64. The molecule has 1 aromatic heterocycles. The molecule has 158 valence electrons. The zero-order chi connectivity index (χ0) is 21.7. The zero-order valence-electron chi connectivity index (χ0n) is 16.5. The van der Waals surface area contributed by atoms with Crippen molar-refractivity contribution >= 4 is 5.91 Å². The molecule has 2 aromatic carbocycles. The van der Waals surface area contributed by atoms with Gasteiger partial charge < -0.3 is 14.6 Å². The number of alkyl halides is 3. The average Bonchev–Trinajstić information content (AvgIpc) is 3.04. The smallest absolute Gasteiger partial charge is 0.416 e. The lowest BCUT2D eigenvalue weighted by Gasteiger charge is -2.10. The first-order valence-electron chi connectivity index (χ1n) is 9.33. The number of benzene rings is 2. The van der Waals surface area contributed by atoms with Crippen LogP contribution in [0.2, 0.25) is 0 Å². The Bertz CT molecular complexity index is 992. The molecule has 0 saturated carbocycles. The molecule has 0 aliphatic heterocycles. The molecule has 0 spiro atoms. The van der Waals surface area contributed by atoms with Crippen LogP contribution in [0.1, 0.15) is 38.5 Å². The van der Waals surface area contributed by atoms with Crippen LogP contribution in [-0.4, -0.2) is 17.6 Å². The average molecular weight is 418 g/mol. The number of ether oxygens (including phenoxy) is 1. The van der Waals surface area contributed by atoms with Gasteiger partial charge in [-0.3, -0.25) is 4.79 Å². The van der Waals surface area contributed by atoms with Crippen molar-refractivity contribution in [1.29, 1.82) is 0 Å². The molecule has 0 unspecified atom stereocenters. The molecule has 1 N–H and O–H groups in total. The minimum atomic E-state index is -4.36. The van der Waals surface area contributed by atoms with E-state index in [0.717, 1.165) is 23.4 Å². The van der Waals surface area contributed by atoms with Crippen molar-refractivity contribution in [3.8, 4) is 5.75 Å². The molecule has 3 aromatic rings. The van der Waals surface area contributed by atoms with Crippen LogP contribution < -0.4 is 10.1 Å². The van der Waals surface area contributed by atoms with E-state index in [1.807, 2.05) is 6.92 Å². The normalized spacial score (nSPS) is 11.4. The van der Waals surface area contributed by atoms with E-state index in [4.69, 9.17) is 9.26 Å². The van der Waals surface area contributed by atoms with Crippen molar-refractivity contribution in [3.05, 3.63) is 82.2 Å². The molecule has 0 aliphatic carbocycles. The van der Waals surface area contributed by atoms with Crippen LogP contribution in [0.15, 0.2) is 53.1 Å². The van der Waals surface area contributed by atoms with Gasteiger partial charge in [-0.25, -0.2) is 0 Å². The predicted molar refractivity (Wildman–Crippen MR) is 104 cm³/mol. The number of halogens is 3. The second-order valence-electron chi connectivity index (χ2n) is 6.82. The highest BCUT2D eigenvalue weighted by atomic mass is 19.4. The summed E-state index contributed by atoms with van der Waals surface area (Å²) in [5.41, 5.74) is 2.06. The summed E-state index contributed by atoms with van der Waals surface area (Å²) in [4.78, 5) is 12.4. The Morgan fingerprint density at radius 2 is 1.87 bits per heavy atom. The monoisotopic (exact) mass is 418 g/mol. The second kappa shape index (κ2) is 9.02. The van der Waals surface area contributed by atoms with Crippen LogP contribution in [0.3, 0.4) is 0 Å². The quantitative estimate of drug-likeness (QED) is 0.595. The number of hydrogen-bond acceptors (Lipinski definition) is 4. The molecule has 0 saturated heterocycles. The van der Waals surface area contributed by atoms with Gasteiger partial charge in [0.2, 0.25) is 0 Å². The molecule has 0 bridgehead atoms. The molecular weight excluding hydrogens is 397 g/mol. The number of nitrogens with zero attached hydrogens (tertiary/aromatic N) is 1. The number of aromatic nitrogens is 1. The van der Waals surface area contributed by atoms with Gasteiger partial charge in [-0.05, 0) is 56.2 Å². The van der Waals surface area contributed by atoms with E-state index < -0.39 is 11.7 Å². The highest BCUT2D eigenvalue weighted by Gasteiger charge is 2.29. The summed E-state index contributed by atoms with van der Waals surface area (Å²) in [5, 5.41) is 6.64. The molecule has 1 heterocycles. The Morgan fingerprint density at radius 3 is 2.50 bits per heavy atom. The van der Waals surface area contributed by atoms with E-state index in [9.17, 15) is 18.0 Å². The number of rotatable bonds is 7. The summed E-state index contributed by atoms with van der Waals surface area (Å²) < 4.78 is 48.6. The molecule has 0 radical (unpaired) electrons. The minimum absolute atomic E-state index is 0.278. The Morgan fingerprint density at radius 1 is 1.13 bits per heavy atom. The molecule has 0 aliphatic rings. The van der Waals surface area contributed by atoms with Crippen molar-refractivity contribution in [3.63, 3.8) is 0 Å². The number of nitrogens with one attached hydrogen (secondary N) is 1. The van der Waals surface area contributed by atoms with Crippen molar-refractivity contribution < 1.29 is 27.2 Å². The van der Waals surface area contributed by atoms with Crippen molar-refractivity contribution in [1.82, 2.24) is 10.5 Å². The largest absolute Gasteiger partial charge is 0.489 e. The standard InChI is InChI=1S/C22H21F3N2O3/c1-14-20(15(2)30-27-14)13-29-19-5-3-4-17(12-19)21(28)26-11-10-16-6-8-18(9-7-16)22(23,24)25/h3-9,12H,10-11,13H2,1-2H3,(H,26,28). The summed E-state index contributed by atoms with van der Waals surface area (Å²) in [7, 11) is 0. The first-order valence-corrected chi connectivity index (χ1v) is 9.33. The number of carbonyl (C=O) groups is 1. The first kappa shape index (κ1) is 21.4. The van der Waals surface area contributed by atoms with Gasteiger partial charge in [-0.15, -0.1) is 0 Å². The molecule has 8 heteroatoms. The molecule has 0 atom stereocenters. The molecule has 5 nitrogen and oxygen atoms in total. The van der Waals surface area contributed by atoms with E-state index in [1.165, 1.54) is 12.1 Å². The summed E-state index contributed by atoms with van der Waals surface area (Å²) in [5.74, 6) is 0.930. The number of carbonyl (C=O) groups excluding carboxylic acids is 1. The van der Waals surface area contributed by atoms with E-state index in [-0.39, 0.29) is 12.5 Å². The lowest BCUT2D eigenvalue weighted by atomic mass is 10.1. The fourth-order valence-corrected chi connectivity index (χ4v) is 2.87. The summed E-state index contributed by atoms with van der Waals surface area (Å²) in [6.45, 7) is 4.21. The molecule has 30 heavy (non-hydrogen) atoms. The van der Waals surface area contributed by atoms with Crippen LogP contribution in [-0.2, 0) is 19.2 Å². The minimum Gasteiger partial charge on any atom is -0.489 e. The summed E-state index contributed by atoms with van der Waals surface area (Å²) in [6.07, 6.45) is -3.93. The Balaban J connectivity index is 1.52. The van der Waals surface area contributed by atoms with Crippen LogP contribution >= 0.6 is 0 Å². The zero-order valence-corrected chi connectivity index (χ0v) is 16.5. The third-order valence-electron chi connectivity index (χ3n) is 4.64. The fraction of sp³-hybridized carbons (Fsp3) is 0.273. The third kappa shape index (κ3) is 5.40. The first-order chi connectivity index (χ1) is 14.2.